The molecule has 116 valence electrons. The molecule has 3 nitrogen and oxygen atoms in total. The van der Waals surface area contributed by atoms with Crippen LogP contribution in [0, 0.1) is 0 Å². The van der Waals surface area contributed by atoms with Gasteiger partial charge in [0.2, 0.25) is 5.91 Å². The molecule has 1 amide bonds. The quantitative estimate of drug-likeness (QED) is 0.750. The first kappa shape index (κ1) is 16.2. The second kappa shape index (κ2) is 7.74. The standard InChI is InChI=1S/C19H23NO2/c1-14(21)8-3-2-4-12-18(19(20)22)17-13-7-10-15-9-5-6-11-16(15)17/h5-7,9-11,13,18H,2-4,8,12H2,1H3,(H2,20,22). The van der Waals surface area contributed by atoms with E-state index in [1.54, 1.807) is 6.92 Å². The van der Waals surface area contributed by atoms with Crippen LogP contribution in [0.25, 0.3) is 10.8 Å². The zero-order valence-corrected chi connectivity index (χ0v) is 13.0. The monoisotopic (exact) mass is 297 g/mol. The summed E-state index contributed by atoms with van der Waals surface area (Å²) in [6, 6.07) is 14.1. The summed E-state index contributed by atoms with van der Waals surface area (Å²) in [5, 5.41) is 2.22. The Hall–Kier alpha value is -2.16. The third-order valence-electron chi connectivity index (χ3n) is 4.06. The van der Waals surface area contributed by atoms with Crippen LogP contribution < -0.4 is 5.73 Å². The van der Waals surface area contributed by atoms with E-state index in [1.165, 1.54) is 0 Å². The summed E-state index contributed by atoms with van der Waals surface area (Å²) in [5.74, 6) is -0.313. The van der Waals surface area contributed by atoms with Gasteiger partial charge in [0.25, 0.3) is 0 Å². The molecule has 0 aliphatic heterocycles. The van der Waals surface area contributed by atoms with Gasteiger partial charge in [-0.05, 0) is 36.1 Å². The first-order valence-electron chi connectivity index (χ1n) is 7.86. The van der Waals surface area contributed by atoms with Crippen molar-refractivity contribution in [3.8, 4) is 0 Å². The highest BCUT2D eigenvalue weighted by molar-refractivity contribution is 5.92. The summed E-state index contributed by atoms with van der Waals surface area (Å²) in [7, 11) is 0. The number of ketones is 1. The third-order valence-corrected chi connectivity index (χ3v) is 4.06. The normalized spacial score (nSPS) is 12.2. The van der Waals surface area contributed by atoms with Crippen LogP contribution in [0.5, 0.6) is 0 Å². The molecule has 0 saturated carbocycles. The van der Waals surface area contributed by atoms with Crippen LogP contribution in [0.3, 0.4) is 0 Å². The summed E-state index contributed by atoms with van der Waals surface area (Å²) in [5.41, 5.74) is 6.64. The highest BCUT2D eigenvalue weighted by atomic mass is 16.1. The van der Waals surface area contributed by atoms with Crippen molar-refractivity contribution in [3.63, 3.8) is 0 Å². The molecule has 2 N–H and O–H groups in total. The van der Waals surface area contributed by atoms with Gasteiger partial charge in [0.05, 0.1) is 5.92 Å². The van der Waals surface area contributed by atoms with Crippen LogP contribution in [0.15, 0.2) is 42.5 Å². The topological polar surface area (TPSA) is 60.2 Å². The molecule has 0 aliphatic carbocycles. The van der Waals surface area contributed by atoms with E-state index in [0.717, 1.165) is 42.0 Å². The molecule has 0 spiro atoms. The van der Waals surface area contributed by atoms with Crippen molar-refractivity contribution < 1.29 is 9.59 Å². The van der Waals surface area contributed by atoms with Gasteiger partial charge in [-0.1, -0.05) is 55.3 Å². The molecule has 0 aromatic heterocycles. The van der Waals surface area contributed by atoms with E-state index in [-0.39, 0.29) is 17.6 Å². The molecule has 0 bridgehead atoms. The fourth-order valence-electron chi connectivity index (χ4n) is 2.90. The highest BCUT2D eigenvalue weighted by Crippen LogP contribution is 2.29. The zero-order valence-electron chi connectivity index (χ0n) is 13.0. The Morgan fingerprint density at radius 1 is 1.00 bits per heavy atom. The minimum Gasteiger partial charge on any atom is -0.369 e. The molecule has 2 rings (SSSR count). The van der Waals surface area contributed by atoms with E-state index >= 15 is 0 Å². The Bertz CT molecular complexity index is 658. The lowest BCUT2D eigenvalue weighted by atomic mass is 9.88. The smallest absolute Gasteiger partial charge is 0.224 e. The van der Waals surface area contributed by atoms with Crippen molar-refractivity contribution in [2.75, 3.05) is 0 Å². The minimum absolute atomic E-state index is 0.223. The van der Waals surface area contributed by atoms with Crippen molar-refractivity contribution in [2.24, 2.45) is 5.73 Å². The van der Waals surface area contributed by atoms with E-state index in [4.69, 9.17) is 5.73 Å². The Morgan fingerprint density at radius 2 is 1.73 bits per heavy atom. The maximum Gasteiger partial charge on any atom is 0.224 e. The van der Waals surface area contributed by atoms with Gasteiger partial charge in [0.1, 0.15) is 5.78 Å². The summed E-state index contributed by atoms with van der Waals surface area (Å²) < 4.78 is 0. The molecule has 1 atom stereocenters. The first-order valence-corrected chi connectivity index (χ1v) is 7.86. The van der Waals surface area contributed by atoms with Crippen LogP contribution in [0.4, 0.5) is 0 Å². The van der Waals surface area contributed by atoms with Crippen LogP contribution in [-0.2, 0) is 9.59 Å². The average Bonchev–Trinajstić information content (AvgIpc) is 2.50. The molecule has 2 aromatic rings. The SMILES string of the molecule is CC(=O)CCCCCC(C(N)=O)c1cccc2ccccc12. The number of rotatable bonds is 8. The van der Waals surface area contributed by atoms with E-state index in [2.05, 4.69) is 0 Å². The number of nitrogens with two attached hydrogens (primary N) is 1. The molecule has 0 aliphatic rings. The predicted molar refractivity (Wildman–Crippen MR) is 89.6 cm³/mol. The molecule has 3 heteroatoms. The minimum atomic E-state index is -0.275. The molecule has 0 saturated heterocycles. The maximum absolute atomic E-state index is 11.9. The molecule has 2 aromatic carbocycles. The molecular weight excluding hydrogens is 274 g/mol. The Kier molecular flexibility index (Phi) is 5.70. The molecular formula is C19H23NO2. The fraction of sp³-hybridized carbons (Fsp3) is 0.368. The van der Waals surface area contributed by atoms with Gasteiger partial charge >= 0.3 is 0 Å². The number of hydrogen-bond donors (Lipinski definition) is 1. The van der Waals surface area contributed by atoms with Gasteiger partial charge in [-0.3, -0.25) is 4.79 Å². The van der Waals surface area contributed by atoms with Crippen LogP contribution in [0.2, 0.25) is 0 Å². The summed E-state index contributed by atoms with van der Waals surface area (Å²) in [4.78, 5) is 22.8. The number of carbonyl (C=O) groups is 2. The van der Waals surface area contributed by atoms with Crippen molar-refractivity contribution in [1.82, 2.24) is 0 Å². The molecule has 0 radical (unpaired) electrons. The van der Waals surface area contributed by atoms with Gasteiger partial charge < -0.3 is 10.5 Å². The largest absolute Gasteiger partial charge is 0.369 e. The van der Waals surface area contributed by atoms with Crippen molar-refractivity contribution in [3.05, 3.63) is 48.0 Å². The highest BCUT2D eigenvalue weighted by Gasteiger charge is 2.19. The lowest BCUT2D eigenvalue weighted by molar-refractivity contribution is -0.120. The van der Waals surface area contributed by atoms with Gasteiger partial charge in [-0.25, -0.2) is 0 Å². The number of amides is 1. The van der Waals surface area contributed by atoms with Gasteiger partial charge in [-0.15, -0.1) is 0 Å². The van der Waals surface area contributed by atoms with Crippen molar-refractivity contribution in [2.45, 2.75) is 44.9 Å². The molecule has 1 unspecified atom stereocenters. The van der Waals surface area contributed by atoms with E-state index in [9.17, 15) is 9.59 Å². The fourth-order valence-corrected chi connectivity index (χ4v) is 2.90. The number of fused-ring (bicyclic) bond motifs is 1. The number of unbranched alkanes of at least 4 members (excludes halogenated alkanes) is 2. The van der Waals surface area contributed by atoms with Crippen LogP contribution >= 0.6 is 0 Å². The summed E-state index contributed by atoms with van der Waals surface area (Å²) >= 11 is 0. The molecule has 0 fully saturated rings. The zero-order chi connectivity index (χ0) is 15.9. The van der Waals surface area contributed by atoms with Gasteiger partial charge in [0.15, 0.2) is 0 Å². The van der Waals surface area contributed by atoms with Crippen molar-refractivity contribution >= 4 is 22.5 Å². The summed E-state index contributed by atoms with van der Waals surface area (Å²) in [6.45, 7) is 1.61. The second-order valence-corrected chi connectivity index (χ2v) is 5.82. The summed E-state index contributed by atoms with van der Waals surface area (Å²) in [6.07, 6.45) is 4.10. The van der Waals surface area contributed by atoms with Gasteiger partial charge in [-0.2, -0.15) is 0 Å². The van der Waals surface area contributed by atoms with Crippen LogP contribution in [0.1, 0.15) is 50.5 Å². The van der Waals surface area contributed by atoms with E-state index in [1.807, 2.05) is 42.5 Å². The second-order valence-electron chi connectivity index (χ2n) is 5.82. The Balaban J connectivity index is 2.10. The maximum atomic E-state index is 11.9. The van der Waals surface area contributed by atoms with Crippen LogP contribution in [-0.4, -0.2) is 11.7 Å². The Morgan fingerprint density at radius 3 is 2.45 bits per heavy atom. The van der Waals surface area contributed by atoms with E-state index in [0.29, 0.717) is 6.42 Å². The number of hydrogen-bond acceptors (Lipinski definition) is 2. The number of primary amides is 1. The first-order chi connectivity index (χ1) is 10.6. The Labute approximate surface area is 131 Å². The average molecular weight is 297 g/mol. The number of benzene rings is 2. The van der Waals surface area contributed by atoms with E-state index < -0.39 is 0 Å². The van der Waals surface area contributed by atoms with Gasteiger partial charge in [0, 0.05) is 6.42 Å². The number of Topliss-reactive ketones (excluding diaryl/α,β-unsaturated/α-hetero) is 1. The lowest BCUT2D eigenvalue weighted by Crippen LogP contribution is -2.21. The third kappa shape index (κ3) is 4.17. The van der Waals surface area contributed by atoms with Crippen molar-refractivity contribution in [1.29, 1.82) is 0 Å². The molecule has 22 heavy (non-hydrogen) atoms. The number of carbonyl (C=O) groups excluding carboxylic acids is 2. The lowest BCUT2D eigenvalue weighted by Gasteiger charge is -2.16. The molecule has 0 heterocycles. The predicted octanol–water partition coefficient (Wildman–Crippen LogP) is 3.95.